The maximum Gasteiger partial charge on any atom is 0.201 e. The number of benzene rings is 2. The first kappa shape index (κ1) is 17.0. The summed E-state index contributed by atoms with van der Waals surface area (Å²) < 4.78 is 4.25. The van der Waals surface area contributed by atoms with Gasteiger partial charge in [-0.15, -0.1) is 0 Å². The molecule has 2 aromatic carbocycles. The molecule has 0 bridgehead atoms. The molecule has 0 fully saturated rings. The molecule has 0 spiro atoms. The van der Waals surface area contributed by atoms with Gasteiger partial charge in [0, 0.05) is 19.8 Å². The van der Waals surface area contributed by atoms with E-state index in [9.17, 15) is 15.0 Å². The Balaban J connectivity index is 0.000000677. The van der Waals surface area contributed by atoms with Gasteiger partial charge in [0.2, 0.25) is 5.78 Å². The number of ketones is 1. The molecule has 2 N–H and O–H groups in total. The summed E-state index contributed by atoms with van der Waals surface area (Å²) >= 11 is 0. The molecule has 1 unspecified atom stereocenters. The molecule has 0 aliphatic rings. The smallest absolute Gasteiger partial charge is 0.201 e. The van der Waals surface area contributed by atoms with E-state index in [-0.39, 0.29) is 0 Å². The molecule has 0 radical (unpaired) electrons. The van der Waals surface area contributed by atoms with E-state index in [0.29, 0.717) is 11.1 Å². The summed E-state index contributed by atoms with van der Waals surface area (Å²) in [6.07, 6.45) is 0. The average molecular weight is 288 g/mol. The molecule has 0 aliphatic heterocycles. The number of hydrogen-bond donors (Lipinski definition) is 2. The summed E-state index contributed by atoms with van der Waals surface area (Å²) in [4.78, 5) is 12.3. The molecule has 0 saturated heterocycles. The molecule has 21 heavy (non-hydrogen) atoms. The number of aliphatic hydroxyl groups is 2. The quantitative estimate of drug-likeness (QED) is 0.845. The molecule has 0 saturated carbocycles. The van der Waals surface area contributed by atoms with Crippen LogP contribution in [0.1, 0.15) is 15.9 Å². The highest BCUT2D eigenvalue weighted by molar-refractivity contribution is 6.02. The van der Waals surface area contributed by atoms with Gasteiger partial charge < -0.3 is 14.9 Å². The Bertz CT molecular complexity index is 539. The molecule has 2 aromatic rings. The summed E-state index contributed by atoms with van der Waals surface area (Å²) in [5, 5.41) is 19.8. The normalized spacial score (nSPS) is 12.8. The van der Waals surface area contributed by atoms with Gasteiger partial charge in [0.1, 0.15) is 0 Å². The minimum Gasteiger partial charge on any atom is -0.393 e. The van der Waals surface area contributed by atoms with Crippen molar-refractivity contribution >= 4 is 5.78 Å². The second kappa shape index (κ2) is 8.32. The summed E-state index contributed by atoms with van der Waals surface area (Å²) in [6.45, 7) is -0.648. The summed E-state index contributed by atoms with van der Waals surface area (Å²) in [5.74, 6) is -0.503. The zero-order valence-electron chi connectivity index (χ0n) is 12.2. The maximum absolute atomic E-state index is 12.3. The zero-order chi connectivity index (χ0) is 15.7. The van der Waals surface area contributed by atoms with Crippen molar-refractivity contribution in [3.05, 3.63) is 71.8 Å². The summed E-state index contributed by atoms with van der Waals surface area (Å²) in [5.41, 5.74) is -1.12. The van der Waals surface area contributed by atoms with E-state index in [4.69, 9.17) is 0 Å². The van der Waals surface area contributed by atoms with Crippen LogP contribution in [0.2, 0.25) is 0 Å². The lowest BCUT2D eigenvalue weighted by Gasteiger charge is -2.24. The summed E-state index contributed by atoms with van der Waals surface area (Å²) in [7, 11) is 3.25. The van der Waals surface area contributed by atoms with Crippen molar-refractivity contribution in [2.75, 3.05) is 20.8 Å². The molecular formula is C17H20O4. The zero-order valence-corrected chi connectivity index (χ0v) is 12.2. The first-order valence-corrected chi connectivity index (χ1v) is 6.49. The Kier molecular flexibility index (Phi) is 6.75. The van der Waals surface area contributed by atoms with E-state index in [1.807, 2.05) is 0 Å². The largest absolute Gasteiger partial charge is 0.393 e. The Morgan fingerprint density at radius 2 is 1.43 bits per heavy atom. The standard InChI is InChI=1S/C15H14O3.C2H6O/c16-11-15(18,13-9-5-2-6-10-13)14(17)12-7-3-1-4-8-12;1-3-2/h1-10,16,18H,11H2;1-2H3. The van der Waals surface area contributed by atoms with Crippen molar-refractivity contribution in [3.8, 4) is 0 Å². The van der Waals surface area contributed by atoms with E-state index in [1.54, 1.807) is 74.9 Å². The second-order valence-corrected chi connectivity index (χ2v) is 4.49. The van der Waals surface area contributed by atoms with E-state index in [1.165, 1.54) is 0 Å². The van der Waals surface area contributed by atoms with Gasteiger partial charge in [-0.25, -0.2) is 0 Å². The topological polar surface area (TPSA) is 66.8 Å². The molecule has 0 heterocycles. The van der Waals surface area contributed by atoms with Crippen LogP contribution >= 0.6 is 0 Å². The number of rotatable bonds is 4. The van der Waals surface area contributed by atoms with Crippen LogP contribution in [0, 0.1) is 0 Å². The van der Waals surface area contributed by atoms with E-state index >= 15 is 0 Å². The monoisotopic (exact) mass is 288 g/mol. The number of Topliss-reactive ketones (excluding diaryl/α,β-unsaturated/α-hetero) is 1. The predicted octanol–water partition coefficient (Wildman–Crippen LogP) is 2.01. The van der Waals surface area contributed by atoms with Gasteiger partial charge in [-0.3, -0.25) is 4.79 Å². The van der Waals surface area contributed by atoms with Crippen LogP contribution in [-0.4, -0.2) is 36.8 Å². The number of hydrogen-bond acceptors (Lipinski definition) is 4. The minimum atomic E-state index is -1.89. The van der Waals surface area contributed by atoms with Crippen molar-refractivity contribution in [1.29, 1.82) is 0 Å². The highest BCUT2D eigenvalue weighted by Gasteiger charge is 2.37. The number of aliphatic hydroxyl groups excluding tert-OH is 1. The van der Waals surface area contributed by atoms with Crippen LogP contribution in [0.3, 0.4) is 0 Å². The Labute approximate surface area is 124 Å². The van der Waals surface area contributed by atoms with Gasteiger partial charge in [-0.05, 0) is 5.56 Å². The maximum atomic E-state index is 12.3. The Hall–Kier alpha value is -2.01. The lowest BCUT2D eigenvalue weighted by atomic mass is 9.87. The fourth-order valence-electron chi connectivity index (χ4n) is 1.84. The third-order valence-corrected chi connectivity index (χ3v) is 2.89. The Morgan fingerprint density at radius 3 is 1.86 bits per heavy atom. The van der Waals surface area contributed by atoms with E-state index in [2.05, 4.69) is 4.74 Å². The lowest BCUT2D eigenvalue weighted by molar-refractivity contribution is -0.00399. The molecule has 1 atom stereocenters. The predicted molar refractivity (Wildman–Crippen MR) is 81.1 cm³/mol. The van der Waals surface area contributed by atoms with E-state index in [0.717, 1.165) is 0 Å². The van der Waals surface area contributed by atoms with Crippen molar-refractivity contribution in [3.63, 3.8) is 0 Å². The molecular weight excluding hydrogens is 268 g/mol. The van der Waals surface area contributed by atoms with Crippen LogP contribution in [0.15, 0.2) is 60.7 Å². The lowest BCUT2D eigenvalue weighted by Crippen LogP contribution is -2.39. The van der Waals surface area contributed by atoms with Crippen molar-refractivity contribution in [2.45, 2.75) is 5.60 Å². The molecule has 4 heteroatoms. The highest BCUT2D eigenvalue weighted by Crippen LogP contribution is 2.25. The molecule has 0 aliphatic carbocycles. The van der Waals surface area contributed by atoms with Gasteiger partial charge in [0.25, 0.3) is 0 Å². The summed E-state index contributed by atoms with van der Waals surface area (Å²) in [6, 6.07) is 16.9. The SMILES string of the molecule is COC.O=C(c1ccccc1)C(O)(CO)c1ccccc1. The van der Waals surface area contributed by atoms with Crippen molar-refractivity contribution in [2.24, 2.45) is 0 Å². The van der Waals surface area contributed by atoms with Gasteiger partial charge in [-0.2, -0.15) is 0 Å². The number of ether oxygens (including phenoxy) is 1. The van der Waals surface area contributed by atoms with Gasteiger partial charge in [-0.1, -0.05) is 60.7 Å². The Morgan fingerprint density at radius 1 is 1.00 bits per heavy atom. The molecule has 0 aromatic heterocycles. The fourth-order valence-corrected chi connectivity index (χ4v) is 1.84. The molecule has 0 amide bonds. The van der Waals surface area contributed by atoms with Crippen LogP contribution in [-0.2, 0) is 10.3 Å². The number of methoxy groups -OCH3 is 1. The molecule has 2 rings (SSSR count). The third kappa shape index (κ3) is 4.23. The van der Waals surface area contributed by atoms with Crippen LogP contribution in [0.5, 0.6) is 0 Å². The first-order valence-electron chi connectivity index (χ1n) is 6.49. The van der Waals surface area contributed by atoms with Crippen molar-refractivity contribution < 1.29 is 19.7 Å². The van der Waals surface area contributed by atoms with Crippen molar-refractivity contribution in [1.82, 2.24) is 0 Å². The molecule has 4 nitrogen and oxygen atoms in total. The van der Waals surface area contributed by atoms with Crippen LogP contribution in [0.4, 0.5) is 0 Å². The fraction of sp³-hybridized carbons (Fsp3) is 0.235. The van der Waals surface area contributed by atoms with Gasteiger partial charge in [0.05, 0.1) is 6.61 Å². The van der Waals surface area contributed by atoms with Crippen LogP contribution < -0.4 is 0 Å². The number of carbonyl (C=O) groups excluding carboxylic acids is 1. The van der Waals surface area contributed by atoms with Gasteiger partial charge in [0.15, 0.2) is 5.60 Å². The average Bonchev–Trinajstić information content (AvgIpc) is 2.56. The number of carbonyl (C=O) groups is 1. The minimum absolute atomic E-state index is 0.373. The third-order valence-electron chi connectivity index (χ3n) is 2.89. The van der Waals surface area contributed by atoms with E-state index < -0.39 is 18.0 Å². The first-order chi connectivity index (χ1) is 10.1. The second-order valence-electron chi connectivity index (χ2n) is 4.49. The van der Waals surface area contributed by atoms with Crippen LogP contribution in [0.25, 0.3) is 0 Å². The van der Waals surface area contributed by atoms with Gasteiger partial charge >= 0.3 is 0 Å². The highest BCUT2D eigenvalue weighted by atomic mass is 16.4. The molecule has 112 valence electrons.